The second kappa shape index (κ2) is 8.42. The van der Waals surface area contributed by atoms with Gasteiger partial charge in [0.2, 0.25) is 5.92 Å². The van der Waals surface area contributed by atoms with Crippen molar-refractivity contribution in [3.63, 3.8) is 0 Å². The van der Waals surface area contributed by atoms with Crippen molar-refractivity contribution in [3.8, 4) is 11.1 Å². The summed E-state index contributed by atoms with van der Waals surface area (Å²) in [6, 6.07) is 11.7. The van der Waals surface area contributed by atoms with Crippen molar-refractivity contribution in [2.75, 3.05) is 14.2 Å². The van der Waals surface area contributed by atoms with Crippen LogP contribution in [0.5, 0.6) is 0 Å². The molecule has 1 aliphatic carbocycles. The van der Waals surface area contributed by atoms with Gasteiger partial charge in [0.1, 0.15) is 0 Å². The third-order valence-electron chi connectivity index (χ3n) is 5.63. The number of hydrogen-bond donors (Lipinski definition) is 1. The van der Waals surface area contributed by atoms with Crippen LogP contribution in [-0.4, -0.2) is 36.9 Å². The fourth-order valence-corrected chi connectivity index (χ4v) is 4.22. The number of carbonyl (C=O) groups is 3. The van der Waals surface area contributed by atoms with Gasteiger partial charge in [-0.3, -0.25) is 14.4 Å². The van der Waals surface area contributed by atoms with E-state index in [4.69, 9.17) is 9.47 Å². The number of H-pyrrole nitrogens is 1. The fourth-order valence-electron chi connectivity index (χ4n) is 4.22. The van der Waals surface area contributed by atoms with Gasteiger partial charge in [0, 0.05) is 17.5 Å². The lowest BCUT2D eigenvalue weighted by molar-refractivity contribution is -0.163. The number of methoxy groups -OCH3 is 2. The van der Waals surface area contributed by atoms with E-state index < -0.39 is 29.1 Å². The van der Waals surface area contributed by atoms with Crippen LogP contribution in [0.25, 0.3) is 11.1 Å². The van der Waals surface area contributed by atoms with Crippen molar-refractivity contribution < 1.29 is 23.9 Å². The van der Waals surface area contributed by atoms with Gasteiger partial charge < -0.3 is 14.5 Å². The molecular weight excluding hydrogens is 358 g/mol. The summed E-state index contributed by atoms with van der Waals surface area (Å²) in [5, 5.41) is 0. The number of aromatic nitrogens is 1. The molecule has 2 aromatic rings. The van der Waals surface area contributed by atoms with Crippen molar-refractivity contribution in [1.29, 1.82) is 0 Å². The Morgan fingerprint density at radius 2 is 1.54 bits per heavy atom. The van der Waals surface area contributed by atoms with Gasteiger partial charge in [-0.2, -0.15) is 0 Å². The highest BCUT2D eigenvalue weighted by Crippen LogP contribution is 2.45. The van der Waals surface area contributed by atoms with Crippen molar-refractivity contribution in [2.24, 2.45) is 5.92 Å². The zero-order valence-corrected chi connectivity index (χ0v) is 16.2. The average Bonchev–Trinajstić information content (AvgIpc) is 3.25. The minimum absolute atomic E-state index is 0.453. The van der Waals surface area contributed by atoms with Crippen LogP contribution in [-0.2, 0) is 29.3 Å². The maximum absolute atomic E-state index is 13.7. The van der Waals surface area contributed by atoms with E-state index >= 15 is 0 Å². The van der Waals surface area contributed by atoms with Gasteiger partial charge >= 0.3 is 11.9 Å². The number of benzene rings is 1. The lowest BCUT2D eigenvalue weighted by Gasteiger charge is -2.37. The number of carbonyl (C=O) groups excluding carboxylic acids is 3. The van der Waals surface area contributed by atoms with Crippen LogP contribution in [0, 0.1) is 5.92 Å². The molecule has 1 saturated carbocycles. The van der Waals surface area contributed by atoms with Crippen LogP contribution in [0.15, 0.2) is 42.6 Å². The highest BCUT2D eigenvalue weighted by atomic mass is 16.5. The van der Waals surface area contributed by atoms with E-state index in [1.165, 1.54) is 14.2 Å². The van der Waals surface area contributed by atoms with Crippen LogP contribution >= 0.6 is 0 Å². The fraction of sp³-hybridized carbons (Fsp3) is 0.409. The van der Waals surface area contributed by atoms with Crippen LogP contribution in [0.2, 0.25) is 0 Å². The smallest absolute Gasteiger partial charge is 0.327 e. The Morgan fingerprint density at radius 1 is 0.929 bits per heavy atom. The number of hydrogen-bond acceptors (Lipinski definition) is 5. The maximum atomic E-state index is 13.7. The maximum Gasteiger partial charge on any atom is 0.327 e. The first-order chi connectivity index (χ1) is 13.5. The highest BCUT2D eigenvalue weighted by molar-refractivity contribution is 6.18. The molecule has 6 nitrogen and oxygen atoms in total. The van der Waals surface area contributed by atoms with E-state index in [1.54, 1.807) is 6.20 Å². The van der Waals surface area contributed by atoms with Crippen LogP contribution in [0.3, 0.4) is 0 Å². The van der Waals surface area contributed by atoms with E-state index in [1.807, 2.05) is 36.4 Å². The topological polar surface area (TPSA) is 85.5 Å². The molecule has 28 heavy (non-hydrogen) atoms. The molecule has 0 radical (unpaired) electrons. The van der Waals surface area contributed by atoms with E-state index in [0.717, 1.165) is 36.1 Å². The van der Waals surface area contributed by atoms with Gasteiger partial charge in [-0.1, -0.05) is 49.6 Å². The van der Waals surface area contributed by atoms with Crippen LogP contribution in [0.4, 0.5) is 0 Å². The van der Waals surface area contributed by atoms with E-state index in [9.17, 15) is 14.4 Å². The molecule has 148 valence electrons. The first kappa shape index (κ1) is 19.9. The molecule has 1 aliphatic rings. The molecule has 0 amide bonds. The number of nitrogens with one attached hydrogen (secondary N) is 1. The molecule has 1 aromatic carbocycles. The number of aromatic amines is 1. The molecule has 1 fully saturated rings. The Bertz CT molecular complexity index is 833. The third kappa shape index (κ3) is 3.46. The normalized spacial score (nSPS) is 15.8. The average molecular weight is 383 g/mol. The molecule has 0 aliphatic heterocycles. The van der Waals surface area contributed by atoms with Crippen LogP contribution in [0.1, 0.15) is 37.8 Å². The zero-order chi connectivity index (χ0) is 20.1. The number of ketones is 1. The SMILES string of the molecule is COC(=O)C(C(=O)OC)C(=O)C1(c2[nH]ccc2-c2ccccc2)CCCCC1. The van der Waals surface area contributed by atoms with Gasteiger partial charge in [0.25, 0.3) is 0 Å². The van der Waals surface area contributed by atoms with E-state index in [-0.39, 0.29) is 0 Å². The number of ether oxygens (including phenoxy) is 2. The molecule has 0 bridgehead atoms. The lowest BCUT2D eigenvalue weighted by Crippen LogP contribution is -2.48. The Hall–Kier alpha value is -2.89. The standard InChI is InChI=1S/C22H25NO5/c1-27-20(25)17(21(26)28-2)19(24)22(12-7-4-8-13-22)18-16(11-14-23-18)15-9-5-3-6-10-15/h3,5-6,9-11,14,17,23H,4,7-8,12-13H2,1-2H3. The number of esters is 2. The molecule has 1 heterocycles. The van der Waals surface area contributed by atoms with Crippen molar-refractivity contribution in [2.45, 2.75) is 37.5 Å². The minimum atomic E-state index is -1.58. The van der Waals surface area contributed by atoms with E-state index in [0.29, 0.717) is 12.8 Å². The molecule has 3 rings (SSSR count). The second-order valence-electron chi connectivity index (χ2n) is 7.12. The summed E-state index contributed by atoms with van der Waals surface area (Å²) in [6.45, 7) is 0. The first-order valence-corrected chi connectivity index (χ1v) is 9.48. The van der Waals surface area contributed by atoms with Gasteiger partial charge in [0.05, 0.1) is 19.6 Å². The Balaban J connectivity index is 2.12. The second-order valence-corrected chi connectivity index (χ2v) is 7.12. The summed E-state index contributed by atoms with van der Waals surface area (Å²) < 4.78 is 9.51. The molecule has 1 N–H and O–H groups in total. The van der Waals surface area contributed by atoms with Crippen molar-refractivity contribution >= 4 is 17.7 Å². The molecule has 1 aromatic heterocycles. The third-order valence-corrected chi connectivity index (χ3v) is 5.63. The quantitative estimate of drug-likeness (QED) is 0.610. The summed E-state index contributed by atoms with van der Waals surface area (Å²) in [6.07, 6.45) is 5.62. The molecule has 0 spiro atoms. The summed E-state index contributed by atoms with van der Waals surface area (Å²) in [7, 11) is 2.34. The Labute approximate surface area is 164 Å². The first-order valence-electron chi connectivity index (χ1n) is 9.48. The lowest BCUT2D eigenvalue weighted by atomic mass is 9.65. The van der Waals surface area contributed by atoms with Crippen molar-refractivity contribution in [3.05, 3.63) is 48.3 Å². The summed E-state index contributed by atoms with van der Waals surface area (Å²) >= 11 is 0. The van der Waals surface area contributed by atoms with Gasteiger partial charge in [-0.25, -0.2) is 0 Å². The Morgan fingerprint density at radius 3 is 2.11 bits per heavy atom. The predicted molar refractivity (Wildman–Crippen MR) is 104 cm³/mol. The largest absolute Gasteiger partial charge is 0.468 e. The molecule has 0 atom stereocenters. The number of Topliss-reactive ketones (excluding diaryl/α,β-unsaturated/α-hetero) is 1. The molecule has 6 heteroatoms. The Kier molecular flexibility index (Phi) is 5.97. The predicted octanol–water partition coefficient (Wildman–Crippen LogP) is 3.41. The monoisotopic (exact) mass is 383 g/mol. The van der Waals surface area contributed by atoms with E-state index in [2.05, 4.69) is 4.98 Å². The molecule has 0 unspecified atom stereocenters. The van der Waals surface area contributed by atoms with Crippen molar-refractivity contribution in [1.82, 2.24) is 4.98 Å². The summed E-state index contributed by atoms with van der Waals surface area (Å²) in [4.78, 5) is 41.5. The zero-order valence-electron chi connectivity index (χ0n) is 16.2. The van der Waals surface area contributed by atoms with Gasteiger partial charge in [0.15, 0.2) is 5.78 Å². The van der Waals surface area contributed by atoms with Crippen LogP contribution < -0.4 is 0 Å². The van der Waals surface area contributed by atoms with Gasteiger partial charge in [-0.05, 0) is 24.5 Å². The molecular formula is C22H25NO5. The summed E-state index contributed by atoms with van der Waals surface area (Å²) in [5.41, 5.74) is 1.68. The number of rotatable bonds is 6. The highest BCUT2D eigenvalue weighted by Gasteiger charge is 2.51. The minimum Gasteiger partial charge on any atom is -0.468 e. The van der Waals surface area contributed by atoms with Gasteiger partial charge in [-0.15, -0.1) is 0 Å². The summed E-state index contributed by atoms with van der Waals surface area (Å²) in [5.74, 6) is -3.80. The molecule has 0 saturated heterocycles.